The van der Waals surface area contributed by atoms with Crippen molar-refractivity contribution in [3.63, 3.8) is 0 Å². The minimum absolute atomic E-state index is 0.0891. The molecule has 0 radical (unpaired) electrons. The summed E-state index contributed by atoms with van der Waals surface area (Å²) < 4.78 is 21.8. The van der Waals surface area contributed by atoms with Crippen LogP contribution in [0.3, 0.4) is 0 Å². The van der Waals surface area contributed by atoms with E-state index < -0.39 is 25.3 Å². The van der Waals surface area contributed by atoms with Crippen molar-refractivity contribution in [2.45, 2.75) is 25.9 Å². The molecule has 1 aromatic carbocycles. The van der Waals surface area contributed by atoms with Gasteiger partial charge in [-0.3, -0.25) is 4.57 Å². The largest absolute Gasteiger partial charge is 0.475 e. The second-order valence-corrected chi connectivity index (χ2v) is 5.95. The predicted molar refractivity (Wildman–Crippen MR) is 73.6 cm³/mol. The molecule has 2 N–H and O–H groups in total. The van der Waals surface area contributed by atoms with Gasteiger partial charge in [0.25, 0.3) is 0 Å². The van der Waals surface area contributed by atoms with Crippen molar-refractivity contribution in [3.8, 4) is 5.75 Å². The third-order valence-electron chi connectivity index (χ3n) is 2.74. The molecule has 0 spiro atoms. The molecule has 0 aliphatic heterocycles. The van der Waals surface area contributed by atoms with Gasteiger partial charge in [0.05, 0.1) is 6.61 Å². The zero-order valence-corrected chi connectivity index (χ0v) is 12.4. The molecule has 1 rings (SSSR count). The van der Waals surface area contributed by atoms with Crippen LogP contribution in [0.4, 0.5) is 0 Å². The van der Waals surface area contributed by atoms with Crippen LogP contribution in [0.1, 0.15) is 20.3 Å². The maximum atomic E-state index is 12.1. The van der Waals surface area contributed by atoms with Gasteiger partial charge in [0.2, 0.25) is 5.60 Å². The van der Waals surface area contributed by atoms with Crippen LogP contribution >= 0.6 is 7.60 Å². The van der Waals surface area contributed by atoms with E-state index in [1.165, 1.54) is 0 Å². The van der Waals surface area contributed by atoms with Crippen molar-refractivity contribution < 1.29 is 28.6 Å². The highest BCUT2D eigenvalue weighted by Crippen LogP contribution is 2.41. The Morgan fingerprint density at radius 1 is 1.25 bits per heavy atom. The molecule has 0 saturated carbocycles. The Balaban J connectivity index is 3.10. The summed E-state index contributed by atoms with van der Waals surface area (Å²) in [5, 5.41) is 0. The van der Waals surface area contributed by atoms with Crippen LogP contribution in [-0.2, 0) is 14.1 Å². The Kier molecular flexibility index (Phi) is 5.74. The van der Waals surface area contributed by atoms with Gasteiger partial charge in [-0.05, 0) is 25.5 Å². The van der Waals surface area contributed by atoms with Crippen LogP contribution in [0.2, 0.25) is 0 Å². The molecule has 0 saturated heterocycles. The number of benzene rings is 1. The summed E-state index contributed by atoms with van der Waals surface area (Å²) >= 11 is 0. The van der Waals surface area contributed by atoms with E-state index in [0.29, 0.717) is 5.75 Å². The van der Waals surface area contributed by atoms with Crippen molar-refractivity contribution in [1.82, 2.24) is 0 Å². The van der Waals surface area contributed by atoms with Crippen LogP contribution in [-0.4, -0.2) is 34.1 Å². The summed E-state index contributed by atoms with van der Waals surface area (Å²) in [6, 6.07) is 8.41. The van der Waals surface area contributed by atoms with Crippen molar-refractivity contribution in [3.05, 3.63) is 30.3 Å². The second-order valence-electron chi connectivity index (χ2n) is 4.31. The Bertz CT molecular complexity index is 483. The Labute approximate surface area is 117 Å². The number of para-hydroxylation sites is 1. The fraction of sp³-hybridized carbons (Fsp3) is 0.462. The molecule has 112 valence electrons. The molecule has 20 heavy (non-hydrogen) atoms. The lowest BCUT2D eigenvalue weighted by atomic mass is 10.0. The van der Waals surface area contributed by atoms with Crippen molar-refractivity contribution in [1.29, 1.82) is 0 Å². The van der Waals surface area contributed by atoms with Gasteiger partial charge in [-0.2, -0.15) is 0 Å². The maximum Gasteiger partial charge on any atom is 0.351 e. The number of ether oxygens (including phenoxy) is 2. The van der Waals surface area contributed by atoms with Gasteiger partial charge in [0, 0.05) is 0 Å². The molecule has 1 aromatic rings. The molecular weight excluding hydrogens is 283 g/mol. The fourth-order valence-corrected chi connectivity index (χ4v) is 2.86. The molecular formula is C13H19O6P. The van der Waals surface area contributed by atoms with E-state index in [0.717, 1.165) is 0 Å². The van der Waals surface area contributed by atoms with E-state index in [4.69, 9.17) is 9.47 Å². The minimum Gasteiger partial charge on any atom is -0.475 e. The van der Waals surface area contributed by atoms with Gasteiger partial charge in [-0.15, -0.1) is 0 Å². The molecule has 1 atom stereocenters. The highest BCUT2D eigenvalue weighted by Gasteiger charge is 2.46. The van der Waals surface area contributed by atoms with Crippen molar-refractivity contribution in [2.75, 3.05) is 12.8 Å². The first-order valence-corrected chi connectivity index (χ1v) is 8.08. The van der Waals surface area contributed by atoms with Gasteiger partial charge in [-0.25, -0.2) is 4.79 Å². The lowest BCUT2D eigenvalue weighted by molar-refractivity contribution is -0.160. The molecule has 6 nitrogen and oxygen atoms in total. The van der Waals surface area contributed by atoms with Crippen LogP contribution in [0, 0.1) is 0 Å². The van der Waals surface area contributed by atoms with Crippen molar-refractivity contribution in [2.24, 2.45) is 0 Å². The third kappa shape index (κ3) is 4.63. The molecule has 1 unspecified atom stereocenters. The highest BCUT2D eigenvalue weighted by molar-refractivity contribution is 7.51. The number of hydrogen-bond donors (Lipinski definition) is 2. The predicted octanol–water partition coefficient (Wildman–Crippen LogP) is 1.95. The average molecular weight is 302 g/mol. The summed E-state index contributed by atoms with van der Waals surface area (Å²) in [7, 11) is -4.44. The SMILES string of the molecule is CCOC(=O)C(CC)(CP(=O)(O)O)Oc1ccccc1. The zero-order valence-electron chi connectivity index (χ0n) is 11.5. The molecule has 0 aromatic heterocycles. The lowest BCUT2D eigenvalue weighted by Gasteiger charge is -2.31. The van der Waals surface area contributed by atoms with Gasteiger partial charge < -0.3 is 19.3 Å². The van der Waals surface area contributed by atoms with Crippen LogP contribution in [0.5, 0.6) is 5.75 Å². The fourth-order valence-electron chi connectivity index (χ4n) is 1.78. The standard InChI is InChI=1S/C13H19O6P/c1-3-13(10-20(15,16)17,12(14)18-4-2)19-11-8-6-5-7-9-11/h5-9H,3-4,10H2,1-2H3,(H2,15,16,17). The smallest absolute Gasteiger partial charge is 0.351 e. The summed E-state index contributed by atoms with van der Waals surface area (Å²) in [6.45, 7) is 3.35. The molecule has 0 aliphatic carbocycles. The Morgan fingerprint density at radius 2 is 1.85 bits per heavy atom. The first kappa shape index (κ1) is 16.7. The monoisotopic (exact) mass is 302 g/mol. The lowest BCUT2D eigenvalue weighted by Crippen LogP contribution is -2.48. The van der Waals surface area contributed by atoms with Crippen molar-refractivity contribution >= 4 is 13.6 Å². The minimum atomic E-state index is -4.44. The van der Waals surface area contributed by atoms with Gasteiger partial charge in [-0.1, -0.05) is 25.1 Å². The van der Waals surface area contributed by atoms with Gasteiger partial charge >= 0.3 is 13.6 Å². The first-order chi connectivity index (χ1) is 9.33. The maximum absolute atomic E-state index is 12.1. The van der Waals surface area contributed by atoms with E-state index in [2.05, 4.69) is 0 Å². The summed E-state index contributed by atoms with van der Waals surface area (Å²) in [5.41, 5.74) is -1.68. The quantitative estimate of drug-likeness (QED) is 0.591. The number of esters is 1. The molecule has 0 heterocycles. The number of hydrogen-bond acceptors (Lipinski definition) is 4. The number of rotatable bonds is 7. The third-order valence-corrected chi connectivity index (χ3v) is 3.66. The Hall–Kier alpha value is -1.36. The molecule has 0 amide bonds. The van der Waals surface area contributed by atoms with E-state index in [1.54, 1.807) is 44.2 Å². The van der Waals surface area contributed by atoms with Crippen LogP contribution < -0.4 is 4.74 Å². The average Bonchev–Trinajstić information content (AvgIpc) is 2.37. The molecule has 7 heteroatoms. The Morgan fingerprint density at radius 3 is 2.30 bits per heavy atom. The van der Waals surface area contributed by atoms with Crippen LogP contribution in [0.25, 0.3) is 0 Å². The highest BCUT2D eigenvalue weighted by atomic mass is 31.2. The summed E-state index contributed by atoms with van der Waals surface area (Å²) in [5.74, 6) is -0.412. The summed E-state index contributed by atoms with van der Waals surface area (Å²) in [6.07, 6.45) is -0.629. The molecule has 0 fully saturated rings. The first-order valence-electron chi connectivity index (χ1n) is 6.29. The zero-order chi connectivity index (χ0) is 15.2. The molecule has 0 bridgehead atoms. The van der Waals surface area contributed by atoms with Gasteiger partial charge in [0.1, 0.15) is 11.9 Å². The number of carbonyl (C=O) groups is 1. The van der Waals surface area contributed by atoms with E-state index in [1.807, 2.05) is 0 Å². The summed E-state index contributed by atoms with van der Waals surface area (Å²) in [4.78, 5) is 30.5. The second kappa shape index (κ2) is 6.88. The van der Waals surface area contributed by atoms with Gasteiger partial charge in [0.15, 0.2) is 0 Å². The topological polar surface area (TPSA) is 93.1 Å². The van der Waals surface area contributed by atoms with Crippen LogP contribution in [0.15, 0.2) is 30.3 Å². The number of carbonyl (C=O) groups excluding carboxylic acids is 1. The van der Waals surface area contributed by atoms with E-state index in [9.17, 15) is 19.1 Å². The van der Waals surface area contributed by atoms with E-state index >= 15 is 0 Å². The normalized spacial score (nSPS) is 14.4. The van der Waals surface area contributed by atoms with E-state index in [-0.39, 0.29) is 13.0 Å². The molecule has 0 aliphatic rings.